The van der Waals surface area contributed by atoms with E-state index in [0.29, 0.717) is 28.0 Å². The Labute approximate surface area is 175 Å². The molecule has 1 atom stereocenters. The maximum Gasteiger partial charge on any atom is 0.319 e. The Morgan fingerprint density at radius 2 is 1.83 bits per heavy atom. The first-order valence-corrected chi connectivity index (χ1v) is 9.75. The molecule has 2 aromatic carbocycles. The van der Waals surface area contributed by atoms with Gasteiger partial charge in [-0.1, -0.05) is 19.9 Å². The molecule has 0 fully saturated rings. The zero-order valence-electron chi connectivity index (χ0n) is 17.7. The van der Waals surface area contributed by atoms with Crippen LogP contribution < -0.4 is 10.6 Å². The average Bonchev–Trinajstić information content (AvgIpc) is 3.01. The topological polar surface area (TPSA) is 74.6 Å². The van der Waals surface area contributed by atoms with Gasteiger partial charge in [-0.3, -0.25) is 4.79 Å². The van der Waals surface area contributed by atoms with Crippen molar-refractivity contribution in [2.45, 2.75) is 26.8 Å². The average molecular weight is 411 g/mol. The molecule has 1 unspecified atom stereocenters. The van der Waals surface area contributed by atoms with Gasteiger partial charge in [-0.25, -0.2) is 9.18 Å². The number of fused-ring (bicyclic) bond motifs is 1. The molecular weight excluding hydrogens is 385 g/mol. The minimum Gasteiger partial charge on any atom is -0.459 e. The summed E-state index contributed by atoms with van der Waals surface area (Å²) in [6.07, 6.45) is 0. The summed E-state index contributed by atoms with van der Waals surface area (Å²) in [5, 5.41) is 6.40. The number of benzene rings is 2. The first-order valence-electron chi connectivity index (χ1n) is 9.75. The van der Waals surface area contributed by atoms with Gasteiger partial charge in [0.2, 0.25) is 0 Å². The van der Waals surface area contributed by atoms with E-state index in [1.807, 2.05) is 20.8 Å². The van der Waals surface area contributed by atoms with E-state index in [1.54, 1.807) is 44.4 Å². The second-order valence-corrected chi connectivity index (χ2v) is 7.83. The highest BCUT2D eigenvalue weighted by Crippen LogP contribution is 2.33. The molecule has 0 aliphatic rings. The summed E-state index contributed by atoms with van der Waals surface area (Å²) in [5.41, 5.74) is 2.35. The zero-order valence-corrected chi connectivity index (χ0v) is 17.7. The van der Waals surface area contributed by atoms with Crippen LogP contribution >= 0.6 is 0 Å². The summed E-state index contributed by atoms with van der Waals surface area (Å²) in [6, 6.07) is 10.3. The van der Waals surface area contributed by atoms with Crippen LogP contribution in [0.2, 0.25) is 0 Å². The molecule has 1 aromatic heterocycles. The van der Waals surface area contributed by atoms with Gasteiger partial charge in [0.1, 0.15) is 17.2 Å². The molecule has 0 radical (unpaired) electrons. The van der Waals surface area contributed by atoms with Crippen molar-refractivity contribution < 1.29 is 18.4 Å². The summed E-state index contributed by atoms with van der Waals surface area (Å²) in [4.78, 5) is 26.3. The molecule has 6 nitrogen and oxygen atoms in total. The van der Waals surface area contributed by atoms with Gasteiger partial charge < -0.3 is 20.0 Å². The summed E-state index contributed by atoms with van der Waals surface area (Å²) in [6.45, 7) is 5.79. The number of urea groups is 1. The maximum atomic E-state index is 13.6. The van der Waals surface area contributed by atoms with Crippen LogP contribution in [0.5, 0.6) is 0 Å². The van der Waals surface area contributed by atoms with Crippen LogP contribution in [-0.4, -0.2) is 30.9 Å². The molecule has 3 aromatic rings. The lowest BCUT2D eigenvalue weighted by molar-refractivity contribution is 0.0827. The van der Waals surface area contributed by atoms with E-state index in [0.717, 1.165) is 5.56 Å². The summed E-state index contributed by atoms with van der Waals surface area (Å²) < 4.78 is 19.6. The second kappa shape index (κ2) is 8.57. The monoisotopic (exact) mass is 411 g/mol. The fraction of sp³-hybridized carbons (Fsp3) is 0.304. The van der Waals surface area contributed by atoms with Gasteiger partial charge in [-0.05, 0) is 49.2 Å². The van der Waals surface area contributed by atoms with Crippen molar-refractivity contribution in [1.82, 2.24) is 10.2 Å². The third kappa shape index (κ3) is 4.45. The van der Waals surface area contributed by atoms with Crippen molar-refractivity contribution in [3.05, 3.63) is 65.2 Å². The number of nitrogens with zero attached hydrogens (tertiary/aromatic N) is 1. The van der Waals surface area contributed by atoms with Crippen LogP contribution in [0, 0.1) is 18.7 Å². The Bertz CT molecular complexity index is 1090. The number of nitrogens with one attached hydrogen (secondary N) is 2. The quantitative estimate of drug-likeness (QED) is 0.613. The summed E-state index contributed by atoms with van der Waals surface area (Å²) in [5.74, 6) is 0.139. The summed E-state index contributed by atoms with van der Waals surface area (Å²) in [7, 11) is 3.34. The highest BCUT2D eigenvalue weighted by atomic mass is 19.1. The number of carbonyl (C=O) groups excluding carboxylic acids is 2. The number of hydrogen-bond donors (Lipinski definition) is 2. The van der Waals surface area contributed by atoms with Crippen LogP contribution in [0.15, 0.2) is 46.9 Å². The maximum absolute atomic E-state index is 13.6. The fourth-order valence-corrected chi connectivity index (χ4v) is 3.34. The number of anilines is 1. The minimum absolute atomic E-state index is 0.0292. The van der Waals surface area contributed by atoms with Gasteiger partial charge in [-0.2, -0.15) is 0 Å². The van der Waals surface area contributed by atoms with Crippen LogP contribution in [0.4, 0.5) is 14.9 Å². The standard InChI is InChI=1S/C23H26FN3O3/c1-13(2)20(21-14(3)18-12-16(24)9-10-19(18)30-21)26-23(29)25-17-8-6-7-15(11-17)22(28)27(4)5/h6-13,20H,1-5H3,(H2,25,26,29). The van der Waals surface area contributed by atoms with Gasteiger partial charge >= 0.3 is 6.03 Å². The van der Waals surface area contributed by atoms with E-state index in [-0.39, 0.29) is 17.6 Å². The van der Waals surface area contributed by atoms with Crippen molar-refractivity contribution in [3.63, 3.8) is 0 Å². The first kappa shape index (κ1) is 21.4. The van der Waals surface area contributed by atoms with Gasteiger partial charge in [0.15, 0.2) is 0 Å². The molecule has 0 aliphatic carbocycles. The highest BCUT2D eigenvalue weighted by molar-refractivity contribution is 5.96. The van der Waals surface area contributed by atoms with E-state index in [2.05, 4.69) is 10.6 Å². The van der Waals surface area contributed by atoms with Crippen molar-refractivity contribution in [3.8, 4) is 0 Å². The third-order valence-electron chi connectivity index (χ3n) is 4.94. The SMILES string of the molecule is Cc1c(C(NC(=O)Nc2cccc(C(=O)N(C)C)c2)C(C)C)oc2ccc(F)cc12. The third-order valence-corrected chi connectivity index (χ3v) is 4.94. The van der Waals surface area contributed by atoms with Crippen LogP contribution in [0.1, 0.15) is 41.6 Å². The molecule has 0 spiro atoms. The number of amides is 3. The lowest BCUT2D eigenvalue weighted by atomic mass is 9.98. The molecule has 7 heteroatoms. The largest absolute Gasteiger partial charge is 0.459 e. The molecule has 0 saturated heterocycles. The molecule has 3 amide bonds. The van der Waals surface area contributed by atoms with Crippen LogP contribution in [0.3, 0.4) is 0 Å². The van der Waals surface area contributed by atoms with Gasteiger partial charge in [-0.15, -0.1) is 0 Å². The predicted octanol–water partition coefficient (Wildman–Crippen LogP) is 5.10. The zero-order chi connectivity index (χ0) is 22.0. The molecule has 1 heterocycles. The Hall–Kier alpha value is -3.35. The lowest BCUT2D eigenvalue weighted by Gasteiger charge is -2.21. The van der Waals surface area contributed by atoms with Crippen molar-refractivity contribution >= 4 is 28.6 Å². The predicted molar refractivity (Wildman–Crippen MR) is 115 cm³/mol. The van der Waals surface area contributed by atoms with E-state index < -0.39 is 12.1 Å². The van der Waals surface area contributed by atoms with Crippen molar-refractivity contribution in [1.29, 1.82) is 0 Å². The molecule has 0 saturated carbocycles. The Kier molecular flexibility index (Phi) is 6.10. The van der Waals surface area contributed by atoms with Crippen LogP contribution in [0.25, 0.3) is 11.0 Å². The molecule has 3 rings (SSSR count). The number of furan rings is 1. The normalized spacial score (nSPS) is 12.1. The van der Waals surface area contributed by atoms with Gasteiger partial charge in [0, 0.05) is 36.3 Å². The molecule has 0 bridgehead atoms. The number of aryl methyl sites for hydroxylation is 1. The smallest absolute Gasteiger partial charge is 0.319 e. The molecule has 0 aliphatic heterocycles. The Balaban J connectivity index is 1.81. The van der Waals surface area contributed by atoms with E-state index in [4.69, 9.17) is 4.42 Å². The first-order chi connectivity index (χ1) is 14.2. The number of halogens is 1. The lowest BCUT2D eigenvalue weighted by Crippen LogP contribution is -2.35. The number of rotatable bonds is 5. The fourth-order valence-electron chi connectivity index (χ4n) is 3.34. The van der Waals surface area contributed by atoms with E-state index >= 15 is 0 Å². The van der Waals surface area contributed by atoms with Crippen LogP contribution in [-0.2, 0) is 0 Å². The number of carbonyl (C=O) groups is 2. The number of hydrogen-bond acceptors (Lipinski definition) is 3. The van der Waals surface area contributed by atoms with Gasteiger partial charge in [0.05, 0.1) is 6.04 Å². The Morgan fingerprint density at radius 1 is 1.10 bits per heavy atom. The molecule has 2 N–H and O–H groups in total. The van der Waals surface area contributed by atoms with Crippen molar-refractivity contribution in [2.75, 3.05) is 19.4 Å². The molecule has 158 valence electrons. The second-order valence-electron chi connectivity index (χ2n) is 7.83. The Morgan fingerprint density at radius 3 is 2.50 bits per heavy atom. The van der Waals surface area contributed by atoms with Gasteiger partial charge in [0.25, 0.3) is 5.91 Å². The molecule has 30 heavy (non-hydrogen) atoms. The van der Waals surface area contributed by atoms with E-state index in [9.17, 15) is 14.0 Å². The summed E-state index contributed by atoms with van der Waals surface area (Å²) >= 11 is 0. The van der Waals surface area contributed by atoms with E-state index in [1.165, 1.54) is 17.0 Å². The minimum atomic E-state index is -0.422. The highest BCUT2D eigenvalue weighted by Gasteiger charge is 2.25. The van der Waals surface area contributed by atoms with Crippen molar-refractivity contribution in [2.24, 2.45) is 5.92 Å². The molecular formula is C23H26FN3O3.